The second-order valence-electron chi connectivity index (χ2n) is 3.89. The summed E-state index contributed by atoms with van der Waals surface area (Å²) in [5.74, 6) is 0.344. The molecule has 5 heteroatoms. The van der Waals surface area contributed by atoms with Gasteiger partial charge in [0.15, 0.2) is 0 Å². The molecule has 0 aliphatic carbocycles. The Morgan fingerprint density at radius 2 is 1.74 bits per heavy atom. The highest BCUT2D eigenvalue weighted by molar-refractivity contribution is 6.32. The molecule has 0 heterocycles. The van der Waals surface area contributed by atoms with Crippen LogP contribution in [0.1, 0.15) is 5.56 Å². The summed E-state index contributed by atoms with van der Waals surface area (Å²) in [4.78, 5) is 0. The highest BCUT2D eigenvalue weighted by Crippen LogP contribution is 2.38. The molecule has 0 atom stereocenters. The molecule has 0 unspecified atom stereocenters. The van der Waals surface area contributed by atoms with Gasteiger partial charge in [0.05, 0.1) is 17.7 Å². The van der Waals surface area contributed by atoms with Crippen molar-refractivity contribution in [2.24, 2.45) is 0 Å². The van der Waals surface area contributed by atoms with E-state index in [1.807, 2.05) is 0 Å². The van der Waals surface area contributed by atoms with Crippen LogP contribution in [0.15, 0.2) is 42.5 Å². The van der Waals surface area contributed by atoms with E-state index in [2.05, 4.69) is 0 Å². The van der Waals surface area contributed by atoms with E-state index in [1.54, 1.807) is 6.07 Å². The molecule has 0 aromatic heterocycles. The number of ether oxygens (including phenoxy) is 1. The molecule has 0 saturated carbocycles. The van der Waals surface area contributed by atoms with Crippen molar-refractivity contribution in [2.75, 3.05) is 7.11 Å². The number of benzene rings is 2. The Morgan fingerprint density at radius 1 is 1.05 bits per heavy atom. The first-order chi connectivity index (χ1) is 8.93. The van der Waals surface area contributed by atoms with Gasteiger partial charge in [-0.25, -0.2) is 0 Å². The molecule has 0 fully saturated rings. The number of hydrogen-bond donors (Lipinski definition) is 0. The van der Waals surface area contributed by atoms with Crippen LogP contribution in [0, 0.1) is 0 Å². The molecule has 0 N–H and O–H groups in total. The van der Waals surface area contributed by atoms with Gasteiger partial charge in [0.2, 0.25) is 0 Å². The van der Waals surface area contributed by atoms with E-state index in [-0.39, 0.29) is 5.56 Å². The van der Waals surface area contributed by atoms with Crippen molar-refractivity contribution in [1.29, 1.82) is 0 Å². The van der Waals surface area contributed by atoms with Crippen LogP contribution in [0.4, 0.5) is 13.2 Å². The topological polar surface area (TPSA) is 9.23 Å². The lowest BCUT2D eigenvalue weighted by Gasteiger charge is -2.13. The quantitative estimate of drug-likeness (QED) is 0.752. The number of methoxy groups -OCH3 is 1. The second kappa shape index (κ2) is 5.13. The first kappa shape index (κ1) is 13.7. The zero-order valence-corrected chi connectivity index (χ0v) is 10.7. The van der Waals surface area contributed by atoms with Crippen LogP contribution in [-0.2, 0) is 6.18 Å². The molecule has 0 spiro atoms. The van der Waals surface area contributed by atoms with Crippen molar-refractivity contribution in [2.45, 2.75) is 6.18 Å². The number of alkyl halides is 3. The van der Waals surface area contributed by atoms with Crippen LogP contribution < -0.4 is 4.74 Å². The molecular formula is C14H10ClF3O. The molecule has 1 nitrogen and oxygen atoms in total. The van der Waals surface area contributed by atoms with E-state index in [9.17, 15) is 13.2 Å². The summed E-state index contributed by atoms with van der Waals surface area (Å²) in [5.41, 5.74) is -0.168. The fourth-order valence-electron chi connectivity index (χ4n) is 1.81. The summed E-state index contributed by atoms with van der Waals surface area (Å²) in [6.45, 7) is 0. The molecule has 0 amide bonds. The van der Waals surface area contributed by atoms with Gasteiger partial charge in [0, 0.05) is 0 Å². The molecule has 2 rings (SSSR count). The number of hydrogen-bond acceptors (Lipinski definition) is 1. The van der Waals surface area contributed by atoms with Crippen LogP contribution in [0.3, 0.4) is 0 Å². The third-order valence-corrected chi connectivity index (χ3v) is 3.01. The Bertz CT molecular complexity index is 593. The third kappa shape index (κ3) is 2.84. The Morgan fingerprint density at radius 3 is 2.37 bits per heavy atom. The average molecular weight is 287 g/mol. The maximum atomic E-state index is 12.9. The van der Waals surface area contributed by atoms with Gasteiger partial charge in [-0.3, -0.25) is 0 Å². The van der Waals surface area contributed by atoms with Gasteiger partial charge in [-0.2, -0.15) is 13.2 Å². The van der Waals surface area contributed by atoms with Crippen LogP contribution in [-0.4, -0.2) is 7.11 Å². The summed E-state index contributed by atoms with van der Waals surface area (Å²) in [6.07, 6.45) is -4.40. The lowest BCUT2D eigenvalue weighted by atomic mass is 9.99. The van der Waals surface area contributed by atoms with Crippen LogP contribution in [0.25, 0.3) is 11.1 Å². The first-order valence-corrected chi connectivity index (χ1v) is 5.81. The minimum Gasteiger partial charge on any atom is -0.495 e. The predicted octanol–water partition coefficient (Wildman–Crippen LogP) is 5.03. The smallest absolute Gasteiger partial charge is 0.417 e. The van der Waals surface area contributed by atoms with E-state index in [4.69, 9.17) is 16.3 Å². The third-order valence-electron chi connectivity index (χ3n) is 2.69. The van der Waals surface area contributed by atoms with Crippen LogP contribution in [0.2, 0.25) is 5.02 Å². The second-order valence-corrected chi connectivity index (χ2v) is 4.30. The predicted molar refractivity (Wildman–Crippen MR) is 68.4 cm³/mol. The maximum Gasteiger partial charge on any atom is 0.417 e. The molecule has 19 heavy (non-hydrogen) atoms. The number of rotatable bonds is 2. The van der Waals surface area contributed by atoms with Crippen molar-refractivity contribution in [1.82, 2.24) is 0 Å². The summed E-state index contributed by atoms with van der Waals surface area (Å²) in [5, 5.41) is 0.357. The highest BCUT2D eigenvalue weighted by atomic mass is 35.5. The van der Waals surface area contributed by atoms with Gasteiger partial charge >= 0.3 is 6.18 Å². The van der Waals surface area contributed by atoms with E-state index in [0.717, 1.165) is 6.07 Å². The first-order valence-electron chi connectivity index (χ1n) is 5.43. The van der Waals surface area contributed by atoms with Crippen LogP contribution >= 0.6 is 11.6 Å². The summed E-state index contributed by atoms with van der Waals surface area (Å²) in [7, 11) is 1.42. The molecular weight excluding hydrogens is 277 g/mol. The zero-order chi connectivity index (χ0) is 14.0. The van der Waals surface area contributed by atoms with Gasteiger partial charge in [-0.05, 0) is 29.3 Å². The lowest BCUT2D eigenvalue weighted by molar-refractivity contribution is -0.137. The number of halogens is 4. The highest BCUT2D eigenvalue weighted by Gasteiger charge is 2.33. The van der Waals surface area contributed by atoms with E-state index in [0.29, 0.717) is 16.3 Å². The minimum absolute atomic E-state index is 0.102. The van der Waals surface area contributed by atoms with Crippen LogP contribution in [0.5, 0.6) is 5.75 Å². The fraction of sp³-hybridized carbons (Fsp3) is 0.143. The standard InChI is InChI=1S/C14H10ClF3O/c1-19-13-8-9(6-7-12(13)15)10-4-2-3-5-11(10)14(16,17)18/h2-8H,1H3. The molecule has 0 saturated heterocycles. The Hall–Kier alpha value is -1.68. The molecule has 0 aliphatic rings. The Balaban J connectivity index is 2.59. The summed E-state index contributed by atoms with van der Waals surface area (Å²) in [6, 6.07) is 9.94. The maximum absolute atomic E-state index is 12.9. The summed E-state index contributed by atoms with van der Waals surface area (Å²) >= 11 is 5.87. The largest absolute Gasteiger partial charge is 0.495 e. The van der Waals surface area contributed by atoms with Gasteiger partial charge < -0.3 is 4.74 Å². The van der Waals surface area contributed by atoms with Gasteiger partial charge in [-0.15, -0.1) is 0 Å². The SMILES string of the molecule is COc1cc(-c2ccccc2C(F)(F)F)ccc1Cl. The normalized spacial score (nSPS) is 11.4. The fourth-order valence-corrected chi connectivity index (χ4v) is 2.00. The Kier molecular flexibility index (Phi) is 3.71. The van der Waals surface area contributed by atoms with Crippen molar-refractivity contribution in [3.63, 3.8) is 0 Å². The summed E-state index contributed by atoms with van der Waals surface area (Å²) < 4.78 is 43.8. The molecule has 2 aromatic rings. The average Bonchev–Trinajstić information content (AvgIpc) is 2.38. The monoisotopic (exact) mass is 286 g/mol. The molecule has 100 valence electrons. The van der Waals surface area contributed by atoms with E-state index >= 15 is 0 Å². The molecule has 0 aliphatic heterocycles. The van der Waals surface area contributed by atoms with Gasteiger partial charge in [-0.1, -0.05) is 35.9 Å². The van der Waals surface area contributed by atoms with E-state index < -0.39 is 11.7 Å². The minimum atomic E-state index is -4.40. The van der Waals surface area contributed by atoms with Crippen molar-refractivity contribution in [3.8, 4) is 16.9 Å². The molecule has 2 aromatic carbocycles. The van der Waals surface area contributed by atoms with Crippen molar-refractivity contribution >= 4 is 11.6 Å². The van der Waals surface area contributed by atoms with Crippen molar-refractivity contribution in [3.05, 3.63) is 53.1 Å². The lowest BCUT2D eigenvalue weighted by Crippen LogP contribution is -2.06. The van der Waals surface area contributed by atoms with Gasteiger partial charge in [0.1, 0.15) is 5.75 Å². The molecule has 0 radical (unpaired) electrons. The van der Waals surface area contributed by atoms with E-state index in [1.165, 1.54) is 37.4 Å². The molecule has 0 bridgehead atoms. The van der Waals surface area contributed by atoms with Crippen molar-refractivity contribution < 1.29 is 17.9 Å². The van der Waals surface area contributed by atoms with Gasteiger partial charge in [0.25, 0.3) is 0 Å². The zero-order valence-electron chi connectivity index (χ0n) is 9.96. The Labute approximate surface area is 113 Å².